The fourth-order valence-electron chi connectivity index (χ4n) is 3.45. The first kappa shape index (κ1) is 19.0. The maximum absolute atomic E-state index is 12.9. The number of carbonyl (C=O) groups is 3. The lowest BCUT2D eigenvalue weighted by molar-refractivity contribution is -0.139. The molecule has 27 heavy (non-hydrogen) atoms. The summed E-state index contributed by atoms with van der Waals surface area (Å²) < 4.78 is 5.93. The summed E-state index contributed by atoms with van der Waals surface area (Å²) >= 11 is 0. The fraction of sp³-hybridized carbons (Fsp3) is 0.526. The molecule has 0 aliphatic carbocycles. The van der Waals surface area contributed by atoms with Gasteiger partial charge < -0.3 is 19.9 Å². The van der Waals surface area contributed by atoms with E-state index >= 15 is 0 Å². The van der Waals surface area contributed by atoms with E-state index in [1.165, 1.54) is 0 Å². The normalized spacial score (nSPS) is 18.9. The summed E-state index contributed by atoms with van der Waals surface area (Å²) in [5.74, 6) is 0.102. The van der Waals surface area contributed by atoms with Crippen molar-refractivity contribution in [3.05, 3.63) is 24.3 Å². The van der Waals surface area contributed by atoms with E-state index in [9.17, 15) is 14.4 Å². The molecule has 0 radical (unpaired) electrons. The van der Waals surface area contributed by atoms with Crippen LogP contribution >= 0.6 is 0 Å². The summed E-state index contributed by atoms with van der Waals surface area (Å²) in [5.41, 5.74) is 0.742. The van der Waals surface area contributed by atoms with Gasteiger partial charge in [-0.05, 0) is 38.3 Å². The summed E-state index contributed by atoms with van der Waals surface area (Å²) in [4.78, 5) is 40.3. The number of rotatable bonds is 4. The van der Waals surface area contributed by atoms with Crippen LogP contribution in [-0.2, 0) is 9.59 Å². The highest BCUT2D eigenvalue weighted by Crippen LogP contribution is 2.33. The molecule has 2 aliphatic heterocycles. The molecular weight excluding hydrogens is 348 g/mol. The number of likely N-dealkylation sites (tertiary alicyclic amines) is 1. The SMILES string of the molecule is CCNC(=O)NC(=O)CN1C[C@H](C(=O)N2CCCCC2)Oc2ccccc21. The van der Waals surface area contributed by atoms with Crippen molar-refractivity contribution in [2.45, 2.75) is 32.3 Å². The summed E-state index contributed by atoms with van der Waals surface area (Å²) in [6.07, 6.45) is 2.50. The number of hydrogen-bond donors (Lipinski definition) is 2. The zero-order valence-electron chi connectivity index (χ0n) is 15.6. The number of hydrogen-bond acceptors (Lipinski definition) is 5. The molecule has 2 heterocycles. The van der Waals surface area contributed by atoms with Gasteiger partial charge in [-0.2, -0.15) is 0 Å². The average molecular weight is 374 g/mol. The Morgan fingerprint density at radius 3 is 2.63 bits per heavy atom. The Kier molecular flexibility index (Phi) is 6.16. The van der Waals surface area contributed by atoms with Gasteiger partial charge in [-0.25, -0.2) is 4.79 Å². The Morgan fingerprint density at radius 1 is 1.15 bits per heavy atom. The molecule has 0 aromatic heterocycles. The van der Waals surface area contributed by atoms with E-state index in [1.54, 1.807) is 17.9 Å². The Bertz CT molecular complexity index is 703. The van der Waals surface area contributed by atoms with Crippen LogP contribution in [0.5, 0.6) is 5.75 Å². The number of anilines is 1. The van der Waals surface area contributed by atoms with Gasteiger partial charge in [0.05, 0.1) is 18.8 Å². The highest BCUT2D eigenvalue weighted by atomic mass is 16.5. The second-order valence-corrected chi connectivity index (χ2v) is 6.75. The highest BCUT2D eigenvalue weighted by molar-refractivity contribution is 5.97. The molecule has 1 aromatic carbocycles. The number of amides is 4. The number of carbonyl (C=O) groups excluding carboxylic acids is 3. The van der Waals surface area contributed by atoms with Crippen LogP contribution in [0.2, 0.25) is 0 Å². The third-order valence-electron chi connectivity index (χ3n) is 4.73. The number of imide groups is 1. The van der Waals surface area contributed by atoms with Gasteiger partial charge in [0.25, 0.3) is 5.91 Å². The first-order chi connectivity index (χ1) is 13.1. The maximum atomic E-state index is 12.9. The molecule has 0 spiro atoms. The Hall–Kier alpha value is -2.77. The minimum atomic E-state index is -0.657. The number of piperidine rings is 1. The third-order valence-corrected chi connectivity index (χ3v) is 4.73. The largest absolute Gasteiger partial charge is 0.477 e. The summed E-state index contributed by atoms with van der Waals surface area (Å²) in [5, 5.41) is 4.83. The van der Waals surface area contributed by atoms with Crippen LogP contribution in [0.3, 0.4) is 0 Å². The fourth-order valence-corrected chi connectivity index (χ4v) is 3.45. The first-order valence-electron chi connectivity index (χ1n) is 9.45. The molecule has 2 N–H and O–H groups in total. The van der Waals surface area contributed by atoms with Crippen molar-refractivity contribution in [1.82, 2.24) is 15.5 Å². The van der Waals surface area contributed by atoms with Crippen LogP contribution in [-0.4, -0.2) is 61.6 Å². The minimum Gasteiger partial charge on any atom is -0.477 e. The molecule has 8 nitrogen and oxygen atoms in total. The van der Waals surface area contributed by atoms with Gasteiger partial charge in [0.2, 0.25) is 5.91 Å². The van der Waals surface area contributed by atoms with Crippen molar-refractivity contribution in [2.24, 2.45) is 0 Å². The lowest BCUT2D eigenvalue weighted by Crippen LogP contribution is -2.53. The standard InChI is InChI=1S/C19H26N4O4/c1-2-20-19(26)21-17(24)13-23-12-16(18(25)22-10-6-3-7-11-22)27-15-9-5-4-8-14(15)23/h4-5,8-9,16H,2-3,6-7,10-13H2,1H3,(H2,20,21,24,26)/t16-/m1/s1. The number of fused-ring (bicyclic) bond motifs is 1. The topological polar surface area (TPSA) is 91.0 Å². The highest BCUT2D eigenvalue weighted by Gasteiger charge is 2.34. The lowest BCUT2D eigenvalue weighted by Gasteiger charge is -2.38. The van der Waals surface area contributed by atoms with Crippen molar-refractivity contribution in [3.63, 3.8) is 0 Å². The molecule has 0 saturated carbocycles. The average Bonchev–Trinajstić information content (AvgIpc) is 2.68. The van der Waals surface area contributed by atoms with E-state index in [1.807, 2.05) is 23.1 Å². The number of nitrogens with zero attached hydrogens (tertiary/aromatic N) is 2. The predicted octanol–water partition coefficient (Wildman–Crippen LogP) is 1.11. The van der Waals surface area contributed by atoms with Gasteiger partial charge in [-0.1, -0.05) is 12.1 Å². The minimum absolute atomic E-state index is 0.0265. The molecule has 4 amide bonds. The number of nitrogens with one attached hydrogen (secondary N) is 2. The van der Waals surface area contributed by atoms with Crippen LogP contribution in [0.25, 0.3) is 0 Å². The van der Waals surface area contributed by atoms with Crippen molar-refractivity contribution in [3.8, 4) is 5.75 Å². The van der Waals surface area contributed by atoms with E-state index in [0.717, 1.165) is 38.0 Å². The smallest absolute Gasteiger partial charge is 0.321 e. The van der Waals surface area contributed by atoms with Crippen LogP contribution in [0.4, 0.5) is 10.5 Å². The summed E-state index contributed by atoms with van der Waals surface area (Å²) in [6.45, 7) is 3.96. The van der Waals surface area contributed by atoms with Gasteiger partial charge >= 0.3 is 6.03 Å². The van der Waals surface area contributed by atoms with Crippen molar-refractivity contribution in [2.75, 3.05) is 37.6 Å². The van der Waals surface area contributed by atoms with E-state index < -0.39 is 18.0 Å². The monoisotopic (exact) mass is 374 g/mol. The number of urea groups is 1. The molecule has 1 fully saturated rings. The zero-order valence-corrected chi connectivity index (χ0v) is 15.6. The lowest BCUT2D eigenvalue weighted by atomic mass is 10.1. The molecule has 1 atom stereocenters. The predicted molar refractivity (Wildman–Crippen MR) is 101 cm³/mol. The second-order valence-electron chi connectivity index (χ2n) is 6.75. The van der Waals surface area contributed by atoms with Gasteiger partial charge in [0, 0.05) is 19.6 Å². The van der Waals surface area contributed by atoms with E-state index in [2.05, 4.69) is 10.6 Å². The van der Waals surface area contributed by atoms with Crippen LogP contribution in [0.1, 0.15) is 26.2 Å². The molecule has 2 aliphatic rings. The number of benzene rings is 1. The van der Waals surface area contributed by atoms with E-state index in [-0.39, 0.29) is 19.0 Å². The number of ether oxygens (including phenoxy) is 1. The van der Waals surface area contributed by atoms with Crippen molar-refractivity contribution in [1.29, 1.82) is 0 Å². The molecule has 0 unspecified atom stereocenters. The molecule has 1 saturated heterocycles. The van der Waals surface area contributed by atoms with E-state index in [0.29, 0.717) is 12.3 Å². The van der Waals surface area contributed by atoms with E-state index in [4.69, 9.17) is 4.74 Å². The molecule has 146 valence electrons. The van der Waals surface area contributed by atoms with Crippen LogP contribution in [0.15, 0.2) is 24.3 Å². The molecule has 1 aromatic rings. The van der Waals surface area contributed by atoms with Crippen molar-refractivity contribution < 1.29 is 19.1 Å². The quantitative estimate of drug-likeness (QED) is 0.824. The second kappa shape index (κ2) is 8.75. The maximum Gasteiger partial charge on any atom is 0.321 e. The zero-order chi connectivity index (χ0) is 19.2. The van der Waals surface area contributed by atoms with Crippen LogP contribution in [0, 0.1) is 0 Å². The van der Waals surface area contributed by atoms with Gasteiger partial charge in [0.1, 0.15) is 5.75 Å². The van der Waals surface area contributed by atoms with Gasteiger partial charge in [-0.15, -0.1) is 0 Å². The van der Waals surface area contributed by atoms with Gasteiger partial charge in [-0.3, -0.25) is 14.9 Å². The van der Waals surface area contributed by atoms with Gasteiger partial charge in [0.15, 0.2) is 6.10 Å². The third kappa shape index (κ3) is 4.69. The van der Waals surface area contributed by atoms with Crippen LogP contribution < -0.4 is 20.3 Å². The number of para-hydroxylation sites is 2. The summed E-state index contributed by atoms with van der Waals surface area (Å²) in [7, 11) is 0. The Balaban J connectivity index is 1.71. The van der Waals surface area contributed by atoms with Crippen molar-refractivity contribution >= 4 is 23.5 Å². The molecule has 8 heteroatoms. The molecule has 0 bridgehead atoms. The molecular formula is C19H26N4O4. The molecule has 3 rings (SSSR count). The summed E-state index contributed by atoms with van der Waals surface area (Å²) in [6, 6.07) is 6.80. The Morgan fingerprint density at radius 2 is 1.89 bits per heavy atom. The first-order valence-corrected chi connectivity index (χ1v) is 9.45. The Labute approximate surface area is 158 Å².